The zero-order valence-electron chi connectivity index (χ0n) is 16.7. The first-order valence-corrected chi connectivity index (χ1v) is 9.89. The monoisotopic (exact) mass is 391 g/mol. The van der Waals surface area contributed by atoms with Gasteiger partial charge in [0.2, 0.25) is 5.43 Å². The molecule has 29 heavy (non-hydrogen) atoms. The van der Waals surface area contributed by atoms with Crippen molar-refractivity contribution in [3.8, 4) is 11.6 Å². The number of rotatable bonds is 4. The second-order valence-corrected chi connectivity index (χ2v) is 7.57. The van der Waals surface area contributed by atoms with E-state index in [4.69, 9.17) is 4.74 Å². The molecule has 2 aromatic rings. The molecule has 0 aromatic carbocycles. The third-order valence-corrected chi connectivity index (χ3v) is 5.32. The highest BCUT2D eigenvalue weighted by Crippen LogP contribution is 2.26. The van der Waals surface area contributed by atoms with Crippen LogP contribution in [-0.2, 0) is 7.05 Å². The summed E-state index contributed by atoms with van der Waals surface area (Å²) >= 11 is 0. The Kier molecular flexibility index (Phi) is 5.55. The van der Waals surface area contributed by atoms with Gasteiger partial charge in [0.15, 0.2) is 0 Å². The van der Waals surface area contributed by atoms with Gasteiger partial charge in [-0.15, -0.1) is 5.10 Å². The zero-order valence-corrected chi connectivity index (χ0v) is 16.7. The van der Waals surface area contributed by atoms with Crippen LogP contribution in [0.4, 0.5) is 0 Å². The Morgan fingerprint density at radius 3 is 3.00 bits per heavy atom. The number of aromatic nitrogens is 4. The molecule has 0 N–H and O–H groups in total. The molecule has 3 unspecified atom stereocenters. The van der Waals surface area contributed by atoms with E-state index in [0.29, 0.717) is 11.8 Å². The largest absolute Gasteiger partial charge is 0.469 e. The van der Waals surface area contributed by atoms with Crippen LogP contribution in [0.1, 0.15) is 19.8 Å². The van der Waals surface area contributed by atoms with E-state index in [1.54, 1.807) is 21.8 Å². The fraction of sp³-hybridized carbons (Fsp3) is 0.364. The number of aliphatic imine (C=N–C) groups is 1. The first kappa shape index (κ1) is 19.1. The smallest absolute Gasteiger partial charge is 0.280 e. The molecule has 1 aliphatic heterocycles. The van der Waals surface area contributed by atoms with Crippen LogP contribution in [0.2, 0.25) is 0 Å². The van der Waals surface area contributed by atoms with Gasteiger partial charge in [0.1, 0.15) is 12.3 Å². The Hall–Kier alpha value is -3.22. The molecule has 0 saturated heterocycles. The Balaban J connectivity index is 1.57. The van der Waals surface area contributed by atoms with Crippen LogP contribution in [0.3, 0.4) is 0 Å². The van der Waals surface area contributed by atoms with Crippen molar-refractivity contribution in [2.24, 2.45) is 23.9 Å². The molecule has 150 valence electrons. The zero-order chi connectivity index (χ0) is 20.2. The third kappa shape index (κ3) is 4.62. The van der Waals surface area contributed by atoms with E-state index in [2.05, 4.69) is 46.4 Å². The van der Waals surface area contributed by atoms with E-state index in [1.165, 1.54) is 6.07 Å². The molecular weight excluding hydrogens is 366 g/mol. The Bertz CT molecular complexity index is 1040. The second kappa shape index (κ2) is 8.43. The number of ether oxygens (including phenoxy) is 1. The molecule has 0 spiro atoms. The number of hydrogen-bond donors (Lipinski definition) is 0. The molecule has 0 radical (unpaired) electrons. The Morgan fingerprint density at radius 2 is 2.17 bits per heavy atom. The summed E-state index contributed by atoms with van der Waals surface area (Å²) in [6, 6.07) is 1.62. The minimum Gasteiger partial charge on any atom is -0.469 e. The van der Waals surface area contributed by atoms with Gasteiger partial charge in [-0.1, -0.05) is 31.2 Å². The average Bonchev–Trinajstić information content (AvgIpc) is 3.20. The van der Waals surface area contributed by atoms with Crippen LogP contribution in [0.15, 0.2) is 70.4 Å². The highest BCUT2D eigenvalue weighted by Gasteiger charge is 2.18. The minimum atomic E-state index is -0.244. The molecular formula is C22H25N5O2. The summed E-state index contributed by atoms with van der Waals surface area (Å²) < 4.78 is 9.12. The first-order valence-electron chi connectivity index (χ1n) is 9.89. The number of hydrogen-bond acceptors (Lipinski definition) is 5. The maximum absolute atomic E-state index is 12.2. The van der Waals surface area contributed by atoms with Gasteiger partial charge in [-0.05, 0) is 36.3 Å². The Morgan fingerprint density at radius 1 is 1.28 bits per heavy atom. The molecule has 4 rings (SSSR count). The van der Waals surface area contributed by atoms with Gasteiger partial charge in [0, 0.05) is 25.5 Å². The van der Waals surface area contributed by atoms with Crippen molar-refractivity contribution in [1.82, 2.24) is 19.6 Å². The minimum absolute atomic E-state index is 0.0762. The Labute approximate surface area is 169 Å². The predicted molar refractivity (Wildman–Crippen MR) is 113 cm³/mol. The van der Waals surface area contributed by atoms with Gasteiger partial charge in [0.05, 0.1) is 18.4 Å². The van der Waals surface area contributed by atoms with Gasteiger partial charge in [-0.3, -0.25) is 14.5 Å². The summed E-state index contributed by atoms with van der Waals surface area (Å²) in [6.45, 7) is 2.55. The maximum Gasteiger partial charge on any atom is 0.280 e. The lowest BCUT2D eigenvalue weighted by atomic mass is 9.88. The van der Waals surface area contributed by atoms with Gasteiger partial charge in [-0.2, -0.15) is 5.10 Å². The summed E-state index contributed by atoms with van der Waals surface area (Å²) in [5.74, 6) is 0.896. The maximum atomic E-state index is 12.2. The van der Waals surface area contributed by atoms with Crippen molar-refractivity contribution in [3.63, 3.8) is 0 Å². The topological polar surface area (TPSA) is 74.3 Å². The van der Waals surface area contributed by atoms with Crippen LogP contribution in [0.25, 0.3) is 5.69 Å². The quantitative estimate of drug-likeness (QED) is 0.803. The van der Waals surface area contributed by atoms with Crippen molar-refractivity contribution in [2.75, 3.05) is 6.61 Å². The lowest BCUT2D eigenvalue weighted by Crippen LogP contribution is -2.16. The molecule has 0 fully saturated rings. The van der Waals surface area contributed by atoms with Crippen molar-refractivity contribution in [1.29, 1.82) is 0 Å². The third-order valence-electron chi connectivity index (χ3n) is 5.32. The van der Waals surface area contributed by atoms with Crippen LogP contribution in [0, 0.1) is 11.8 Å². The highest BCUT2D eigenvalue weighted by molar-refractivity contribution is 5.71. The van der Waals surface area contributed by atoms with Crippen molar-refractivity contribution >= 4 is 6.21 Å². The average molecular weight is 391 g/mol. The first-order chi connectivity index (χ1) is 14.1. The van der Waals surface area contributed by atoms with E-state index < -0.39 is 0 Å². The second-order valence-electron chi connectivity index (χ2n) is 7.57. The fourth-order valence-corrected chi connectivity index (χ4v) is 3.54. The number of nitrogens with zero attached hydrogens (tertiary/aromatic N) is 5. The normalized spacial score (nSPS) is 23.7. The SMILES string of the molecule is CC1CCC2C=CC(COc3nn(-c4cnn(C)c4)ccc3=O)=CC1C=CC=N2. The van der Waals surface area contributed by atoms with E-state index in [-0.39, 0.29) is 24.0 Å². The molecule has 0 saturated carbocycles. The fourth-order valence-electron chi connectivity index (χ4n) is 3.54. The molecule has 0 amide bonds. The summed E-state index contributed by atoms with van der Waals surface area (Å²) in [5.41, 5.74) is 1.54. The van der Waals surface area contributed by atoms with Crippen molar-refractivity contribution in [2.45, 2.75) is 25.8 Å². The van der Waals surface area contributed by atoms with Gasteiger partial charge in [0.25, 0.3) is 5.88 Å². The molecule has 7 heteroatoms. The lowest BCUT2D eigenvalue weighted by molar-refractivity contribution is 0.328. The summed E-state index contributed by atoms with van der Waals surface area (Å²) in [5, 5.41) is 8.48. The van der Waals surface area contributed by atoms with Crippen LogP contribution >= 0.6 is 0 Å². The number of aryl methyl sites for hydroxylation is 1. The summed E-state index contributed by atoms with van der Waals surface area (Å²) in [6.07, 6.45) is 19.8. The van der Waals surface area contributed by atoms with E-state index >= 15 is 0 Å². The van der Waals surface area contributed by atoms with Gasteiger partial charge >= 0.3 is 0 Å². The molecule has 3 heterocycles. The molecule has 7 nitrogen and oxygen atoms in total. The molecule has 2 aromatic heterocycles. The van der Waals surface area contributed by atoms with Gasteiger partial charge < -0.3 is 4.74 Å². The predicted octanol–water partition coefficient (Wildman–Crippen LogP) is 2.88. The molecule has 1 aliphatic carbocycles. The standard InChI is InChI=1S/C22H25N5O2/c1-16-5-7-19-8-6-17(12-18(16)4-3-10-23-19)15-29-22-21(28)9-11-27(25-22)20-13-24-26(2)14-20/h3-4,6,8-14,16,18-19H,5,7,15H2,1-2H3. The molecule has 2 aliphatic rings. The van der Waals surface area contributed by atoms with Crippen LogP contribution < -0.4 is 10.2 Å². The van der Waals surface area contributed by atoms with Crippen molar-refractivity contribution < 1.29 is 4.74 Å². The van der Waals surface area contributed by atoms with Gasteiger partial charge in [-0.25, -0.2) is 4.68 Å². The number of fused-ring (bicyclic) bond motifs is 4. The van der Waals surface area contributed by atoms with E-state index in [0.717, 1.165) is 24.1 Å². The summed E-state index contributed by atoms with van der Waals surface area (Å²) in [7, 11) is 1.83. The molecule has 3 atom stereocenters. The van der Waals surface area contributed by atoms with E-state index in [1.807, 2.05) is 25.5 Å². The highest BCUT2D eigenvalue weighted by atomic mass is 16.5. The lowest BCUT2D eigenvalue weighted by Gasteiger charge is -2.18. The molecule has 2 bridgehead atoms. The van der Waals surface area contributed by atoms with Crippen LogP contribution in [0.5, 0.6) is 5.88 Å². The van der Waals surface area contributed by atoms with E-state index in [9.17, 15) is 4.79 Å². The number of allylic oxidation sites excluding steroid dienone is 3. The van der Waals surface area contributed by atoms with Crippen molar-refractivity contribution in [3.05, 3.63) is 70.8 Å². The summed E-state index contributed by atoms with van der Waals surface area (Å²) in [4.78, 5) is 16.9. The van der Waals surface area contributed by atoms with Crippen LogP contribution in [-0.4, -0.2) is 38.4 Å².